The van der Waals surface area contributed by atoms with E-state index in [4.69, 9.17) is 0 Å². The van der Waals surface area contributed by atoms with E-state index in [-0.39, 0.29) is 18.1 Å². The molecule has 0 unspecified atom stereocenters. The van der Waals surface area contributed by atoms with Gasteiger partial charge in [0.25, 0.3) is 0 Å². The quantitative estimate of drug-likeness (QED) is 0.892. The first-order valence-electron chi connectivity index (χ1n) is 7.26. The summed E-state index contributed by atoms with van der Waals surface area (Å²) in [5.74, 6) is -0.520. The summed E-state index contributed by atoms with van der Waals surface area (Å²) in [6.45, 7) is 6.19. The third kappa shape index (κ3) is 3.03. The van der Waals surface area contributed by atoms with E-state index >= 15 is 0 Å². The van der Waals surface area contributed by atoms with Crippen molar-refractivity contribution in [3.63, 3.8) is 0 Å². The van der Waals surface area contributed by atoms with Crippen LogP contribution in [0.25, 0.3) is 0 Å². The maximum Gasteiger partial charge on any atom is 0.339 e. The molecule has 112 valence electrons. The van der Waals surface area contributed by atoms with Gasteiger partial charge in [0.05, 0.1) is 11.7 Å². The molecule has 5 nitrogen and oxygen atoms in total. The summed E-state index contributed by atoms with van der Waals surface area (Å²) in [5.41, 5.74) is 0.678. The standard InChI is InChI=1S/C15H24N2O3/c1-15(2,3)13-12(14(19)20)8-17(16-13)11-6-4-10(9-18)5-7-11/h8,10-11,18H,4-7,9H2,1-3H3,(H,19,20). The van der Waals surface area contributed by atoms with E-state index in [0.717, 1.165) is 25.7 Å². The van der Waals surface area contributed by atoms with Gasteiger partial charge in [-0.1, -0.05) is 20.8 Å². The highest BCUT2D eigenvalue weighted by Gasteiger charge is 2.29. The molecule has 0 amide bonds. The molecular weight excluding hydrogens is 256 g/mol. The van der Waals surface area contributed by atoms with Crippen molar-refractivity contribution in [2.75, 3.05) is 6.61 Å². The number of nitrogens with zero attached hydrogens (tertiary/aromatic N) is 2. The van der Waals surface area contributed by atoms with Crippen molar-refractivity contribution in [1.29, 1.82) is 0 Å². The van der Waals surface area contributed by atoms with Crippen LogP contribution in [-0.4, -0.2) is 32.6 Å². The first kappa shape index (κ1) is 15.0. The molecular formula is C15H24N2O3. The van der Waals surface area contributed by atoms with E-state index in [2.05, 4.69) is 5.10 Å². The molecule has 0 spiro atoms. The summed E-state index contributed by atoms with van der Waals surface area (Å²) in [5, 5.41) is 23.1. The van der Waals surface area contributed by atoms with Gasteiger partial charge >= 0.3 is 5.97 Å². The Morgan fingerprint density at radius 2 is 1.95 bits per heavy atom. The zero-order valence-corrected chi connectivity index (χ0v) is 12.5. The summed E-state index contributed by atoms with van der Waals surface area (Å²) in [6, 6.07) is 0.256. The SMILES string of the molecule is CC(C)(C)c1nn(C2CCC(CO)CC2)cc1C(=O)O. The summed E-state index contributed by atoms with van der Waals surface area (Å²) < 4.78 is 1.83. The highest BCUT2D eigenvalue weighted by molar-refractivity contribution is 5.89. The molecule has 20 heavy (non-hydrogen) atoms. The average Bonchev–Trinajstić information content (AvgIpc) is 2.84. The van der Waals surface area contributed by atoms with Crippen LogP contribution >= 0.6 is 0 Å². The van der Waals surface area contributed by atoms with Gasteiger partial charge in [-0.3, -0.25) is 4.68 Å². The van der Waals surface area contributed by atoms with Gasteiger partial charge in [-0.05, 0) is 31.6 Å². The number of hydrogen-bond donors (Lipinski definition) is 2. The predicted octanol–water partition coefficient (Wildman–Crippen LogP) is 2.60. The number of rotatable bonds is 3. The van der Waals surface area contributed by atoms with Crippen molar-refractivity contribution in [2.45, 2.75) is 57.9 Å². The van der Waals surface area contributed by atoms with Gasteiger partial charge in [-0.25, -0.2) is 4.79 Å². The fourth-order valence-corrected chi connectivity index (χ4v) is 2.88. The number of hydrogen-bond acceptors (Lipinski definition) is 3. The van der Waals surface area contributed by atoms with Crippen molar-refractivity contribution in [3.05, 3.63) is 17.5 Å². The average molecular weight is 280 g/mol. The smallest absolute Gasteiger partial charge is 0.339 e. The summed E-state index contributed by atoms with van der Waals surface area (Å²) in [7, 11) is 0. The Balaban J connectivity index is 2.24. The molecule has 0 atom stereocenters. The van der Waals surface area contributed by atoms with Crippen LogP contribution < -0.4 is 0 Å². The molecule has 0 aliphatic heterocycles. The molecule has 2 N–H and O–H groups in total. The van der Waals surface area contributed by atoms with E-state index in [1.165, 1.54) is 0 Å². The molecule has 0 saturated heterocycles. The molecule has 1 aliphatic rings. The number of aromatic carboxylic acids is 1. The highest BCUT2D eigenvalue weighted by Crippen LogP contribution is 2.33. The molecule has 1 aliphatic carbocycles. The topological polar surface area (TPSA) is 75.3 Å². The second-order valence-corrected chi connectivity index (χ2v) is 6.78. The van der Waals surface area contributed by atoms with Gasteiger partial charge in [0, 0.05) is 18.2 Å². The monoisotopic (exact) mass is 280 g/mol. The van der Waals surface area contributed by atoms with Crippen molar-refractivity contribution >= 4 is 5.97 Å². The van der Waals surface area contributed by atoms with Crippen LogP contribution in [0.1, 0.15) is 68.5 Å². The van der Waals surface area contributed by atoms with Crippen LogP contribution in [0.15, 0.2) is 6.20 Å². The van der Waals surface area contributed by atoms with E-state index in [1.807, 2.05) is 25.5 Å². The highest BCUT2D eigenvalue weighted by atomic mass is 16.4. The zero-order valence-electron chi connectivity index (χ0n) is 12.5. The van der Waals surface area contributed by atoms with E-state index in [1.54, 1.807) is 6.20 Å². The number of carboxylic acids is 1. The largest absolute Gasteiger partial charge is 0.478 e. The molecule has 1 fully saturated rings. The second-order valence-electron chi connectivity index (χ2n) is 6.78. The molecule has 0 radical (unpaired) electrons. The fraction of sp³-hybridized carbons (Fsp3) is 0.733. The predicted molar refractivity (Wildman–Crippen MR) is 76.0 cm³/mol. The maximum atomic E-state index is 11.4. The molecule has 1 saturated carbocycles. The number of aromatic nitrogens is 2. The lowest BCUT2D eigenvalue weighted by atomic mass is 9.87. The summed E-state index contributed by atoms with van der Waals surface area (Å²) in [6.07, 6.45) is 5.54. The first-order valence-corrected chi connectivity index (χ1v) is 7.26. The molecule has 0 bridgehead atoms. The van der Waals surface area contributed by atoms with Crippen molar-refractivity contribution in [2.24, 2.45) is 5.92 Å². The van der Waals surface area contributed by atoms with Crippen LogP contribution in [0, 0.1) is 5.92 Å². The Bertz CT molecular complexity index is 480. The van der Waals surface area contributed by atoms with Gasteiger partial charge in [0.1, 0.15) is 5.56 Å². The van der Waals surface area contributed by atoms with E-state index < -0.39 is 5.97 Å². The third-order valence-corrected chi connectivity index (χ3v) is 4.12. The molecule has 0 aromatic carbocycles. The molecule has 1 heterocycles. The van der Waals surface area contributed by atoms with Crippen molar-refractivity contribution < 1.29 is 15.0 Å². The minimum absolute atomic E-state index is 0.249. The number of carboxylic acid groups (broad SMARTS) is 1. The molecule has 1 aromatic heterocycles. The normalized spacial score (nSPS) is 23.8. The summed E-state index contributed by atoms with van der Waals surface area (Å²) >= 11 is 0. The third-order valence-electron chi connectivity index (χ3n) is 4.12. The Morgan fingerprint density at radius 3 is 2.35 bits per heavy atom. The van der Waals surface area contributed by atoms with Crippen LogP contribution in [-0.2, 0) is 5.41 Å². The Kier molecular flexibility index (Phi) is 4.18. The molecule has 2 rings (SSSR count). The van der Waals surface area contributed by atoms with Crippen molar-refractivity contribution in [3.8, 4) is 0 Å². The van der Waals surface area contributed by atoms with Crippen LogP contribution in [0.5, 0.6) is 0 Å². The number of aliphatic hydroxyl groups excluding tert-OH is 1. The molecule has 5 heteroatoms. The Morgan fingerprint density at radius 1 is 1.35 bits per heavy atom. The van der Waals surface area contributed by atoms with Crippen molar-refractivity contribution in [1.82, 2.24) is 9.78 Å². The number of carbonyl (C=O) groups is 1. The lowest BCUT2D eigenvalue weighted by molar-refractivity contribution is 0.0694. The second kappa shape index (κ2) is 5.56. The van der Waals surface area contributed by atoms with Crippen LogP contribution in [0.3, 0.4) is 0 Å². The van der Waals surface area contributed by atoms with E-state index in [9.17, 15) is 15.0 Å². The van der Waals surface area contributed by atoms with Gasteiger partial charge < -0.3 is 10.2 Å². The molecule has 1 aromatic rings. The fourth-order valence-electron chi connectivity index (χ4n) is 2.88. The minimum atomic E-state index is -0.912. The van der Waals surface area contributed by atoms with Crippen LogP contribution in [0.2, 0.25) is 0 Å². The zero-order chi connectivity index (χ0) is 14.9. The lowest BCUT2D eigenvalue weighted by Gasteiger charge is -2.27. The van der Waals surface area contributed by atoms with Gasteiger partial charge in [-0.15, -0.1) is 0 Å². The first-order chi connectivity index (χ1) is 9.32. The van der Waals surface area contributed by atoms with E-state index in [0.29, 0.717) is 17.2 Å². The van der Waals surface area contributed by atoms with Gasteiger partial charge in [-0.2, -0.15) is 5.10 Å². The maximum absolute atomic E-state index is 11.4. The van der Waals surface area contributed by atoms with Gasteiger partial charge in [0.15, 0.2) is 0 Å². The number of aliphatic hydroxyl groups is 1. The van der Waals surface area contributed by atoms with Gasteiger partial charge in [0.2, 0.25) is 0 Å². The summed E-state index contributed by atoms with van der Waals surface area (Å²) in [4.78, 5) is 11.4. The van der Waals surface area contributed by atoms with Crippen LogP contribution in [0.4, 0.5) is 0 Å². The Hall–Kier alpha value is -1.36. The Labute approximate surface area is 119 Å². The lowest BCUT2D eigenvalue weighted by Crippen LogP contribution is -2.21. The minimum Gasteiger partial charge on any atom is -0.478 e.